The predicted octanol–water partition coefficient (Wildman–Crippen LogP) is 6.68. The Labute approximate surface area is 177 Å². The van der Waals surface area contributed by atoms with Crippen LogP contribution >= 0.6 is 11.6 Å². The molecule has 154 valence electrons. The molecule has 0 fully saturated rings. The normalized spacial score (nSPS) is 17.0. The number of halogens is 2. The molecule has 2 aromatic carbocycles. The molecule has 0 saturated carbocycles. The molecular weight excluding hydrogens is 411 g/mol. The van der Waals surface area contributed by atoms with Crippen LogP contribution in [0.15, 0.2) is 65.6 Å². The molecule has 3 atom stereocenters. The molecule has 0 aliphatic carbocycles. The van der Waals surface area contributed by atoms with Crippen LogP contribution in [0.25, 0.3) is 0 Å². The molecule has 0 aliphatic heterocycles. The van der Waals surface area contributed by atoms with Crippen molar-refractivity contribution in [1.29, 1.82) is 0 Å². The van der Waals surface area contributed by atoms with Gasteiger partial charge in [0.1, 0.15) is 16.9 Å². The monoisotopic (exact) mass is 440 g/mol. The lowest BCUT2D eigenvalue weighted by Crippen LogP contribution is -2.50. The summed E-state index contributed by atoms with van der Waals surface area (Å²) in [6.45, 7) is 10.4. The predicted molar refractivity (Wildman–Crippen MR) is 119 cm³/mol. The minimum absolute atomic E-state index is 0.112. The van der Waals surface area contributed by atoms with Crippen molar-refractivity contribution >= 4 is 30.7 Å². The third-order valence-electron chi connectivity index (χ3n) is 5.36. The summed E-state index contributed by atoms with van der Waals surface area (Å²) in [7, 11) is -4.37. The summed E-state index contributed by atoms with van der Waals surface area (Å²) in [5.74, 6) is 0. The van der Waals surface area contributed by atoms with E-state index >= 15 is 4.39 Å². The zero-order valence-corrected chi connectivity index (χ0v) is 19.8. The molecule has 0 N–H and O–H groups in total. The van der Waals surface area contributed by atoms with E-state index in [1.165, 1.54) is 0 Å². The number of aryl methyl sites for hydroxylation is 1. The van der Waals surface area contributed by atoms with Crippen LogP contribution in [0.4, 0.5) is 4.39 Å². The summed E-state index contributed by atoms with van der Waals surface area (Å²) in [5, 5.41) is -0.112. The second-order valence-electron chi connectivity index (χ2n) is 8.53. The van der Waals surface area contributed by atoms with Gasteiger partial charge in [-0.25, -0.2) is 8.60 Å². The van der Waals surface area contributed by atoms with Gasteiger partial charge in [0.05, 0.1) is 0 Å². The first-order valence-corrected chi connectivity index (χ1v) is 14.0. The minimum atomic E-state index is -2.51. The summed E-state index contributed by atoms with van der Waals surface area (Å²) < 4.78 is 32.7. The van der Waals surface area contributed by atoms with Crippen LogP contribution in [-0.2, 0) is 21.6 Å². The summed E-state index contributed by atoms with van der Waals surface area (Å²) in [4.78, 5) is 0.364. The zero-order valence-electron chi connectivity index (χ0n) is 17.2. The van der Waals surface area contributed by atoms with E-state index in [2.05, 4.69) is 33.9 Å². The second kappa shape index (κ2) is 9.20. The van der Waals surface area contributed by atoms with Gasteiger partial charge in [-0.3, -0.25) is 0 Å². The molecule has 0 spiro atoms. The van der Waals surface area contributed by atoms with Gasteiger partial charge in [0, 0.05) is 4.90 Å². The van der Waals surface area contributed by atoms with Gasteiger partial charge in [0.15, 0.2) is 8.32 Å². The lowest BCUT2D eigenvalue weighted by molar-refractivity contribution is 0.0997. The summed E-state index contributed by atoms with van der Waals surface area (Å²) in [5.41, 5.74) is 1.07. The number of benzene rings is 2. The Morgan fingerprint density at radius 3 is 2.04 bits per heavy atom. The molecule has 0 heterocycles. The molecular formula is C22H30ClFO2SSi. The number of alkyl halides is 2. The Kier molecular flexibility index (Phi) is 7.65. The fraction of sp³-hybridized carbons (Fsp3) is 0.455. The molecule has 3 unspecified atom stereocenters. The van der Waals surface area contributed by atoms with Crippen molar-refractivity contribution in [3.8, 4) is 0 Å². The van der Waals surface area contributed by atoms with Crippen molar-refractivity contribution in [1.82, 2.24) is 0 Å². The van der Waals surface area contributed by atoms with Gasteiger partial charge < -0.3 is 4.43 Å². The van der Waals surface area contributed by atoms with E-state index in [-0.39, 0.29) is 5.04 Å². The highest BCUT2D eigenvalue weighted by Crippen LogP contribution is 2.42. The average molecular weight is 441 g/mol. The third kappa shape index (κ3) is 5.75. The number of rotatable bonds is 8. The molecule has 2 aromatic rings. The SMILES string of the molecule is CC(C)(C)[Si](C)(C)OC(CCc1ccccc1)C(F)(Cl)S(=O)c1ccccc1. The van der Waals surface area contributed by atoms with Crippen molar-refractivity contribution in [2.24, 2.45) is 0 Å². The first-order valence-electron chi connectivity index (χ1n) is 9.51. The van der Waals surface area contributed by atoms with E-state index < -0.39 is 29.7 Å². The quantitative estimate of drug-likeness (QED) is 0.338. The fourth-order valence-electron chi connectivity index (χ4n) is 2.59. The molecule has 0 radical (unpaired) electrons. The van der Waals surface area contributed by atoms with E-state index in [4.69, 9.17) is 16.0 Å². The summed E-state index contributed by atoms with van der Waals surface area (Å²) in [6, 6.07) is 18.3. The maximum absolute atomic E-state index is 15.8. The molecule has 0 bridgehead atoms. The minimum Gasteiger partial charge on any atom is -0.408 e. The molecule has 2 nitrogen and oxygen atoms in total. The van der Waals surface area contributed by atoms with E-state index in [0.29, 0.717) is 17.7 Å². The van der Waals surface area contributed by atoms with Crippen LogP contribution in [0.5, 0.6) is 0 Å². The molecule has 0 amide bonds. The second-order valence-corrected chi connectivity index (χ2v) is 15.7. The Morgan fingerprint density at radius 1 is 1.04 bits per heavy atom. The lowest BCUT2D eigenvalue weighted by Gasteiger charge is -2.41. The first kappa shape index (κ1) is 23.3. The van der Waals surface area contributed by atoms with E-state index in [1.807, 2.05) is 30.3 Å². The van der Waals surface area contributed by atoms with Crippen molar-refractivity contribution in [2.45, 2.75) is 67.2 Å². The highest BCUT2D eigenvalue weighted by molar-refractivity contribution is 7.87. The van der Waals surface area contributed by atoms with Crippen molar-refractivity contribution in [3.63, 3.8) is 0 Å². The summed E-state index contributed by atoms with van der Waals surface area (Å²) >= 11 is 6.34. The van der Waals surface area contributed by atoms with Crippen molar-refractivity contribution in [3.05, 3.63) is 66.2 Å². The largest absolute Gasteiger partial charge is 0.408 e. The average Bonchev–Trinajstić information content (AvgIpc) is 2.65. The van der Waals surface area contributed by atoms with Gasteiger partial charge in [0.25, 0.3) is 4.46 Å². The first-order chi connectivity index (χ1) is 12.9. The van der Waals surface area contributed by atoms with Crippen LogP contribution in [0, 0.1) is 0 Å². The fourth-order valence-corrected chi connectivity index (χ4v) is 5.64. The van der Waals surface area contributed by atoms with Gasteiger partial charge >= 0.3 is 0 Å². The maximum Gasteiger partial charge on any atom is 0.286 e. The van der Waals surface area contributed by atoms with Gasteiger partial charge in [-0.2, -0.15) is 0 Å². The Morgan fingerprint density at radius 2 is 1.54 bits per heavy atom. The van der Waals surface area contributed by atoms with Crippen molar-refractivity contribution in [2.75, 3.05) is 0 Å². The van der Waals surface area contributed by atoms with Gasteiger partial charge in [-0.05, 0) is 48.7 Å². The van der Waals surface area contributed by atoms with Crippen LogP contribution in [0.2, 0.25) is 18.1 Å². The molecule has 0 aromatic heterocycles. The smallest absolute Gasteiger partial charge is 0.286 e. The Bertz CT molecular complexity index is 776. The van der Waals surface area contributed by atoms with Crippen molar-refractivity contribution < 1.29 is 13.0 Å². The number of hydrogen-bond donors (Lipinski definition) is 0. The van der Waals surface area contributed by atoms with Crippen LogP contribution in [-0.4, -0.2) is 23.1 Å². The molecule has 6 heteroatoms. The number of hydrogen-bond acceptors (Lipinski definition) is 2. The van der Waals surface area contributed by atoms with E-state index in [1.54, 1.807) is 30.3 Å². The standard InChI is InChI=1S/C22H30ClFO2SSi/c1-21(2,3)28(4,5)26-20(17-16-18-12-8-6-9-13-18)22(23,24)27(25)19-14-10-7-11-15-19/h6-15,20H,16-17H2,1-5H3. The topological polar surface area (TPSA) is 26.3 Å². The highest BCUT2D eigenvalue weighted by atomic mass is 35.5. The highest BCUT2D eigenvalue weighted by Gasteiger charge is 2.49. The van der Waals surface area contributed by atoms with Gasteiger partial charge in [-0.15, -0.1) is 0 Å². The summed E-state index contributed by atoms with van der Waals surface area (Å²) in [6.07, 6.45) is -0.0177. The zero-order chi connectivity index (χ0) is 21.0. The Balaban J connectivity index is 2.31. The van der Waals surface area contributed by atoms with Gasteiger partial charge in [-0.1, -0.05) is 80.9 Å². The molecule has 0 saturated heterocycles. The van der Waals surface area contributed by atoms with Gasteiger partial charge in [0.2, 0.25) is 0 Å². The van der Waals surface area contributed by atoms with Crippen LogP contribution < -0.4 is 0 Å². The molecule has 28 heavy (non-hydrogen) atoms. The maximum atomic E-state index is 15.8. The Hall–Kier alpha value is -1.01. The lowest BCUT2D eigenvalue weighted by atomic mass is 10.1. The van der Waals surface area contributed by atoms with E-state index in [0.717, 1.165) is 5.56 Å². The molecule has 2 rings (SSSR count). The molecule has 0 aliphatic rings. The van der Waals surface area contributed by atoms with E-state index in [9.17, 15) is 4.21 Å². The van der Waals surface area contributed by atoms with Crippen LogP contribution in [0.1, 0.15) is 32.8 Å². The van der Waals surface area contributed by atoms with Crippen LogP contribution in [0.3, 0.4) is 0 Å². The third-order valence-corrected chi connectivity index (χ3v) is 12.0.